The highest BCUT2D eigenvalue weighted by molar-refractivity contribution is 7.94. The maximum Gasteiger partial charge on any atom is 0.252 e. The molecule has 31 heavy (non-hydrogen) atoms. The second-order valence-electron chi connectivity index (χ2n) is 7.49. The molecule has 1 atom stereocenters. The van der Waals surface area contributed by atoms with Crippen LogP contribution in [0, 0.1) is 12.7 Å². The number of benzene rings is 1. The highest BCUT2D eigenvalue weighted by atomic mass is 32.2. The quantitative estimate of drug-likeness (QED) is 0.486. The molecule has 2 aromatic rings. The van der Waals surface area contributed by atoms with Gasteiger partial charge >= 0.3 is 0 Å². The topological polar surface area (TPSA) is 121 Å². The van der Waals surface area contributed by atoms with Gasteiger partial charge in [-0.15, -0.1) is 0 Å². The van der Waals surface area contributed by atoms with Crippen molar-refractivity contribution in [2.45, 2.75) is 50.9 Å². The smallest absolute Gasteiger partial charge is 0.252 e. The van der Waals surface area contributed by atoms with Gasteiger partial charge in [-0.05, 0) is 43.9 Å². The van der Waals surface area contributed by atoms with Crippen LogP contribution in [-0.2, 0) is 17.1 Å². The first kappa shape index (κ1) is 24.8. The standard InChI is InChI=1S/C19H24FN3O5S.C2H6/c1-12-3-4-15(14(20)7-12)21-16-8-18(26)23(2)10-17(16)22-29(27,28)19(5-6-19)9-13(25)11-24;1-2/h3-4,7-8,10,13,21-22,24-25H,5-6,9,11H2,1-2H3;1-2H3. The summed E-state index contributed by atoms with van der Waals surface area (Å²) in [5, 5.41) is 21.5. The Morgan fingerprint density at radius 3 is 2.39 bits per heavy atom. The van der Waals surface area contributed by atoms with Crippen molar-refractivity contribution in [3.05, 3.63) is 52.2 Å². The molecule has 1 unspecified atom stereocenters. The third kappa shape index (κ3) is 5.63. The Morgan fingerprint density at radius 1 is 1.19 bits per heavy atom. The molecule has 0 amide bonds. The van der Waals surface area contributed by atoms with Crippen LogP contribution in [0.15, 0.2) is 35.3 Å². The van der Waals surface area contributed by atoms with Gasteiger partial charge in [0, 0.05) is 19.3 Å². The van der Waals surface area contributed by atoms with Gasteiger partial charge in [0.15, 0.2) is 0 Å². The molecule has 172 valence electrons. The number of aliphatic hydroxyl groups is 2. The van der Waals surface area contributed by atoms with E-state index in [4.69, 9.17) is 5.11 Å². The molecule has 1 aromatic carbocycles. The normalized spacial score (nSPS) is 15.5. The number of hydrogen-bond donors (Lipinski definition) is 4. The average Bonchev–Trinajstić information content (AvgIpc) is 3.50. The summed E-state index contributed by atoms with van der Waals surface area (Å²) in [7, 11) is -2.47. The van der Waals surface area contributed by atoms with Gasteiger partial charge in [-0.1, -0.05) is 19.9 Å². The summed E-state index contributed by atoms with van der Waals surface area (Å²) in [5.41, 5.74) is 0.604. The van der Waals surface area contributed by atoms with Crippen molar-refractivity contribution in [2.24, 2.45) is 7.05 Å². The van der Waals surface area contributed by atoms with Crippen LogP contribution in [0.4, 0.5) is 21.5 Å². The van der Waals surface area contributed by atoms with Crippen molar-refractivity contribution in [1.82, 2.24) is 4.57 Å². The zero-order chi connectivity index (χ0) is 23.4. The van der Waals surface area contributed by atoms with Gasteiger partial charge in [0.2, 0.25) is 10.0 Å². The van der Waals surface area contributed by atoms with E-state index in [0.717, 1.165) is 5.56 Å². The van der Waals surface area contributed by atoms with Gasteiger partial charge in [0.25, 0.3) is 5.56 Å². The number of halogens is 1. The molecular weight excluding hydrogens is 425 g/mol. The summed E-state index contributed by atoms with van der Waals surface area (Å²) in [6.07, 6.45) is 0.766. The number of aromatic nitrogens is 1. The molecule has 4 N–H and O–H groups in total. The van der Waals surface area contributed by atoms with E-state index >= 15 is 0 Å². The van der Waals surface area contributed by atoms with Crippen molar-refractivity contribution in [3.8, 4) is 0 Å². The highest BCUT2D eigenvalue weighted by Gasteiger charge is 2.55. The number of aryl methyl sites for hydroxylation is 2. The van der Waals surface area contributed by atoms with Crippen LogP contribution < -0.4 is 15.6 Å². The maximum absolute atomic E-state index is 14.2. The zero-order valence-corrected chi connectivity index (χ0v) is 19.0. The van der Waals surface area contributed by atoms with E-state index < -0.39 is 38.9 Å². The monoisotopic (exact) mass is 455 g/mol. The first-order chi connectivity index (χ1) is 14.6. The minimum Gasteiger partial charge on any atom is -0.394 e. The predicted octanol–water partition coefficient (Wildman–Crippen LogP) is 2.62. The fourth-order valence-corrected chi connectivity index (χ4v) is 4.87. The third-order valence-corrected chi connectivity index (χ3v) is 7.27. The lowest BCUT2D eigenvalue weighted by atomic mass is 10.2. The number of rotatable bonds is 8. The summed E-state index contributed by atoms with van der Waals surface area (Å²) >= 11 is 0. The van der Waals surface area contributed by atoms with E-state index in [2.05, 4.69) is 10.0 Å². The second kappa shape index (κ2) is 9.80. The molecule has 1 aliphatic carbocycles. The van der Waals surface area contributed by atoms with Crippen LogP contribution in [0.3, 0.4) is 0 Å². The summed E-state index contributed by atoms with van der Waals surface area (Å²) in [4.78, 5) is 12.1. The molecule has 0 bridgehead atoms. The molecule has 1 aromatic heterocycles. The Morgan fingerprint density at radius 2 is 1.84 bits per heavy atom. The van der Waals surface area contributed by atoms with Crippen LogP contribution in [0.1, 0.15) is 38.7 Å². The molecule has 8 nitrogen and oxygen atoms in total. The summed E-state index contributed by atoms with van der Waals surface area (Å²) in [6.45, 7) is 5.21. The lowest BCUT2D eigenvalue weighted by Gasteiger charge is -2.22. The first-order valence-corrected chi connectivity index (χ1v) is 11.6. The van der Waals surface area contributed by atoms with Gasteiger partial charge in [-0.2, -0.15) is 0 Å². The van der Waals surface area contributed by atoms with Gasteiger partial charge < -0.3 is 20.1 Å². The van der Waals surface area contributed by atoms with E-state index in [1.165, 1.54) is 36.0 Å². The van der Waals surface area contributed by atoms with E-state index in [1.54, 1.807) is 13.0 Å². The van der Waals surface area contributed by atoms with Crippen LogP contribution >= 0.6 is 0 Å². The molecule has 1 fully saturated rings. The molecule has 1 aliphatic rings. The molecule has 0 aliphatic heterocycles. The van der Waals surface area contributed by atoms with Crippen LogP contribution in [0.2, 0.25) is 0 Å². The lowest BCUT2D eigenvalue weighted by molar-refractivity contribution is 0.0858. The molecule has 10 heteroatoms. The second-order valence-corrected chi connectivity index (χ2v) is 9.56. The summed E-state index contributed by atoms with van der Waals surface area (Å²) in [5.74, 6) is -0.538. The van der Waals surface area contributed by atoms with Crippen LogP contribution in [0.25, 0.3) is 0 Å². The molecule has 1 saturated carbocycles. The minimum absolute atomic E-state index is 0.0804. The number of pyridine rings is 1. The number of nitrogens with one attached hydrogen (secondary N) is 2. The van der Waals surface area contributed by atoms with Crippen LogP contribution in [0.5, 0.6) is 0 Å². The van der Waals surface area contributed by atoms with E-state index in [0.29, 0.717) is 12.8 Å². The fourth-order valence-electron chi connectivity index (χ4n) is 3.15. The molecule has 0 spiro atoms. The summed E-state index contributed by atoms with van der Waals surface area (Å²) < 4.78 is 42.6. The van der Waals surface area contributed by atoms with E-state index in [9.17, 15) is 22.7 Å². The molecule has 0 radical (unpaired) electrons. The minimum atomic E-state index is -3.94. The third-order valence-electron chi connectivity index (χ3n) is 5.06. The van der Waals surface area contributed by atoms with Gasteiger partial charge in [0.05, 0.1) is 34.5 Å². The van der Waals surface area contributed by atoms with Crippen molar-refractivity contribution in [1.29, 1.82) is 0 Å². The van der Waals surface area contributed by atoms with E-state index in [1.807, 2.05) is 13.8 Å². The van der Waals surface area contributed by atoms with Crippen molar-refractivity contribution in [3.63, 3.8) is 0 Å². The zero-order valence-electron chi connectivity index (χ0n) is 18.1. The van der Waals surface area contributed by atoms with Gasteiger partial charge in [-0.3, -0.25) is 9.52 Å². The average molecular weight is 456 g/mol. The molecule has 1 heterocycles. The Labute approximate surface area is 181 Å². The number of sulfonamides is 1. The molecule has 0 saturated heterocycles. The molecule has 3 rings (SSSR count). The van der Waals surface area contributed by atoms with Crippen molar-refractivity contribution >= 4 is 27.1 Å². The summed E-state index contributed by atoms with van der Waals surface area (Å²) in [6, 6.07) is 5.69. The van der Waals surface area contributed by atoms with Gasteiger partial charge in [-0.25, -0.2) is 12.8 Å². The maximum atomic E-state index is 14.2. The Bertz CT molecular complexity index is 1080. The SMILES string of the molecule is CC.Cc1ccc(Nc2cc(=O)n(C)cc2NS(=O)(=O)C2(CC(O)CO)CC2)c(F)c1. The Balaban J connectivity index is 0.00000166. The number of aliphatic hydroxyl groups excluding tert-OH is 2. The highest BCUT2D eigenvalue weighted by Crippen LogP contribution is 2.48. The first-order valence-electron chi connectivity index (χ1n) is 10.1. The number of hydrogen-bond acceptors (Lipinski definition) is 6. The predicted molar refractivity (Wildman–Crippen MR) is 120 cm³/mol. The van der Waals surface area contributed by atoms with Crippen molar-refractivity contribution in [2.75, 3.05) is 16.6 Å². The largest absolute Gasteiger partial charge is 0.394 e. The number of nitrogens with zero attached hydrogens (tertiary/aromatic N) is 1. The lowest BCUT2D eigenvalue weighted by Crippen LogP contribution is -2.35. The Hall–Kier alpha value is -2.43. The van der Waals surface area contributed by atoms with E-state index in [-0.39, 0.29) is 23.5 Å². The van der Waals surface area contributed by atoms with Gasteiger partial charge in [0.1, 0.15) is 5.82 Å². The number of anilines is 3. The fraction of sp³-hybridized carbons (Fsp3) is 0.476. The Kier molecular flexibility index (Phi) is 7.85. The van der Waals surface area contributed by atoms with Crippen molar-refractivity contribution < 1.29 is 23.0 Å². The van der Waals surface area contributed by atoms with Crippen LogP contribution in [-0.4, -0.2) is 40.7 Å². The molecular formula is C21H30FN3O5S.